The molecule has 0 N–H and O–H groups in total. The van der Waals surface area contributed by atoms with Crippen molar-refractivity contribution >= 4 is 11.6 Å². The van der Waals surface area contributed by atoms with Crippen molar-refractivity contribution in [3.8, 4) is 17.0 Å². The molecular weight excluding hydrogens is 241 g/mol. The molecule has 0 amide bonds. The molecule has 0 aliphatic heterocycles. The van der Waals surface area contributed by atoms with Crippen molar-refractivity contribution in [1.29, 1.82) is 0 Å². The lowest BCUT2D eigenvalue weighted by molar-refractivity contribution is 0.370. The Hall–Kier alpha value is -1.61. The van der Waals surface area contributed by atoms with E-state index in [0.29, 0.717) is 11.4 Å². The average Bonchev–Trinajstić information content (AvgIpc) is 2.39. The first kappa shape index (κ1) is 11.9. The number of halogens is 2. The number of methoxy groups -OCH3 is 1. The molecule has 2 aromatic rings. The molecule has 2 nitrogen and oxygen atoms in total. The van der Waals surface area contributed by atoms with Crippen LogP contribution in [0, 0.1) is 5.82 Å². The highest BCUT2D eigenvalue weighted by molar-refractivity contribution is 6.17. The van der Waals surface area contributed by atoms with Gasteiger partial charge in [-0.2, -0.15) is 0 Å². The van der Waals surface area contributed by atoms with Crippen molar-refractivity contribution in [2.24, 2.45) is 0 Å². The monoisotopic (exact) mass is 251 g/mol. The predicted octanol–water partition coefficient (Wildman–Crippen LogP) is 3.64. The Bertz CT molecular complexity index is 513. The Morgan fingerprint density at radius 2 is 1.94 bits per heavy atom. The van der Waals surface area contributed by atoms with Crippen LogP contribution in [0.25, 0.3) is 11.1 Å². The largest absolute Gasteiger partial charge is 0.479 e. The smallest absolute Gasteiger partial charge is 0.250 e. The normalized spacial score (nSPS) is 10.3. The van der Waals surface area contributed by atoms with Gasteiger partial charge >= 0.3 is 0 Å². The van der Waals surface area contributed by atoms with Crippen molar-refractivity contribution < 1.29 is 9.13 Å². The summed E-state index contributed by atoms with van der Waals surface area (Å²) in [5, 5.41) is 0. The van der Waals surface area contributed by atoms with Crippen molar-refractivity contribution in [3.05, 3.63) is 47.9 Å². The van der Waals surface area contributed by atoms with Crippen LogP contribution in [0.3, 0.4) is 0 Å². The maximum absolute atomic E-state index is 13.9. The summed E-state index contributed by atoms with van der Waals surface area (Å²) in [6.07, 6.45) is 1.52. The number of hydrogen-bond acceptors (Lipinski definition) is 2. The van der Waals surface area contributed by atoms with Crippen LogP contribution in [-0.4, -0.2) is 12.1 Å². The van der Waals surface area contributed by atoms with E-state index in [1.807, 2.05) is 24.3 Å². The highest BCUT2D eigenvalue weighted by Gasteiger charge is 2.11. The Balaban J connectivity index is 2.45. The molecular formula is C13H11ClFNO. The van der Waals surface area contributed by atoms with Crippen molar-refractivity contribution in [2.45, 2.75) is 5.88 Å². The maximum Gasteiger partial charge on any atom is 0.250 e. The first-order chi connectivity index (χ1) is 8.26. The molecule has 0 aliphatic rings. The zero-order valence-corrected chi connectivity index (χ0v) is 10.0. The van der Waals surface area contributed by atoms with Gasteiger partial charge in [-0.15, -0.1) is 11.6 Å². The SMILES string of the molecule is COc1nccc(-c2ccc(CCl)cc2)c1F. The third-order valence-corrected chi connectivity index (χ3v) is 2.78. The van der Waals surface area contributed by atoms with E-state index in [9.17, 15) is 4.39 Å². The van der Waals surface area contributed by atoms with Crippen LogP contribution in [0.5, 0.6) is 5.88 Å². The van der Waals surface area contributed by atoms with Crippen molar-refractivity contribution in [1.82, 2.24) is 4.98 Å². The van der Waals surface area contributed by atoms with Gasteiger partial charge < -0.3 is 4.74 Å². The van der Waals surface area contributed by atoms with Crippen LogP contribution in [0.4, 0.5) is 4.39 Å². The van der Waals surface area contributed by atoms with Gasteiger partial charge in [-0.25, -0.2) is 9.37 Å². The van der Waals surface area contributed by atoms with Crippen LogP contribution in [0.1, 0.15) is 5.56 Å². The van der Waals surface area contributed by atoms with Gasteiger partial charge in [0.05, 0.1) is 7.11 Å². The van der Waals surface area contributed by atoms with Gasteiger partial charge in [0.1, 0.15) is 0 Å². The van der Waals surface area contributed by atoms with Gasteiger partial charge in [0.2, 0.25) is 0 Å². The van der Waals surface area contributed by atoms with E-state index in [1.165, 1.54) is 13.3 Å². The minimum Gasteiger partial charge on any atom is -0.479 e. The number of alkyl halides is 1. The second-order valence-corrected chi connectivity index (χ2v) is 3.78. The third kappa shape index (κ3) is 2.39. The standard InChI is InChI=1S/C13H11ClFNO/c1-17-13-12(15)11(6-7-16-13)10-4-2-9(8-14)3-5-10/h2-7H,8H2,1H3. The summed E-state index contributed by atoms with van der Waals surface area (Å²) < 4.78 is 18.8. The molecule has 1 aromatic heterocycles. The van der Waals surface area contributed by atoms with Gasteiger partial charge in [0.25, 0.3) is 5.88 Å². The lowest BCUT2D eigenvalue weighted by Crippen LogP contribution is -1.94. The first-order valence-electron chi connectivity index (χ1n) is 5.10. The van der Waals surface area contributed by atoms with Crippen LogP contribution in [0.15, 0.2) is 36.5 Å². The maximum atomic E-state index is 13.9. The van der Waals surface area contributed by atoms with E-state index in [4.69, 9.17) is 16.3 Å². The van der Waals surface area contributed by atoms with Crippen molar-refractivity contribution in [2.75, 3.05) is 7.11 Å². The van der Waals surface area contributed by atoms with E-state index in [1.54, 1.807) is 6.07 Å². The summed E-state index contributed by atoms with van der Waals surface area (Å²) in [7, 11) is 1.39. The minimum absolute atomic E-state index is 0.00363. The fraction of sp³-hybridized carbons (Fsp3) is 0.154. The fourth-order valence-corrected chi connectivity index (χ4v) is 1.74. The molecule has 17 heavy (non-hydrogen) atoms. The quantitative estimate of drug-likeness (QED) is 0.777. The fourth-order valence-electron chi connectivity index (χ4n) is 1.56. The minimum atomic E-state index is -0.450. The average molecular weight is 252 g/mol. The number of rotatable bonds is 3. The van der Waals surface area contributed by atoms with Crippen molar-refractivity contribution in [3.63, 3.8) is 0 Å². The zero-order valence-electron chi connectivity index (χ0n) is 9.28. The van der Waals surface area contributed by atoms with Gasteiger partial charge in [-0.1, -0.05) is 24.3 Å². The van der Waals surface area contributed by atoms with E-state index >= 15 is 0 Å². The lowest BCUT2D eigenvalue weighted by Gasteiger charge is -2.06. The molecule has 0 atom stereocenters. The molecule has 4 heteroatoms. The molecule has 0 bridgehead atoms. The van der Waals surface area contributed by atoms with Crippen LogP contribution in [-0.2, 0) is 5.88 Å². The lowest BCUT2D eigenvalue weighted by atomic mass is 10.1. The Morgan fingerprint density at radius 1 is 1.24 bits per heavy atom. The van der Waals surface area contributed by atoms with Gasteiger partial charge in [-0.3, -0.25) is 0 Å². The summed E-state index contributed by atoms with van der Waals surface area (Å²) in [5.74, 6) is 0.000135. The molecule has 1 aromatic carbocycles. The molecule has 0 saturated heterocycles. The number of pyridine rings is 1. The van der Waals surface area contributed by atoms with E-state index in [2.05, 4.69) is 4.98 Å². The number of benzene rings is 1. The highest BCUT2D eigenvalue weighted by atomic mass is 35.5. The van der Waals surface area contributed by atoms with E-state index < -0.39 is 5.82 Å². The number of hydrogen-bond donors (Lipinski definition) is 0. The van der Waals surface area contributed by atoms with Crippen LogP contribution >= 0.6 is 11.6 Å². The number of aromatic nitrogens is 1. The molecule has 0 saturated carbocycles. The predicted molar refractivity (Wildman–Crippen MR) is 65.7 cm³/mol. The van der Waals surface area contributed by atoms with Gasteiger partial charge in [0.15, 0.2) is 5.82 Å². The molecule has 0 fully saturated rings. The second kappa shape index (κ2) is 5.15. The molecule has 2 rings (SSSR count). The van der Waals surface area contributed by atoms with Gasteiger partial charge in [0, 0.05) is 17.6 Å². The second-order valence-electron chi connectivity index (χ2n) is 3.51. The molecule has 0 spiro atoms. The number of nitrogens with zero attached hydrogens (tertiary/aromatic N) is 1. The van der Waals surface area contributed by atoms with E-state index in [0.717, 1.165) is 11.1 Å². The first-order valence-corrected chi connectivity index (χ1v) is 5.63. The summed E-state index contributed by atoms with van der Waals surface area (Å²) >= 11 is 5.70. The Labute approximate surface area is 104 Å². The molecule has 88 valence electrons. The molecule has 1 heterocycles. The zero-order chi connectivity index (χ0) is 12.3. The van der Waals surface area contributed by atoms with Crippen LogP contribution < -0.4 is 4.74 Å². The highest BCUT2D eigenvalue weighted by Crippen LogP contribution is 2.27. The molecule has 0 aliphatic carbocycles. The van der Waals surface area contributed by atoms with Gasteiger partial charge in [-0.05, 0) is 17.2 Å². The Kier molecular flexibility index (Phi) is 3.59. The molecule has 0 radical (unpaired) electrons. The summed E-state index contributed by atoms with van der Waals surface area (Å²) in [5.41, 5.74) is 2.24. The topological polar surface area (TPSA) is 22.1 Å². The third-order valence-electron chi connectivity index (χ3n) is 2.47. The van der Waals surface area contributed by atoms with E-state index in [-0.39, 0.29) is 5.88 Å². The summed E-state index contributed by atoms with van der Waals surface area (Å²) in [4.78, 5) is 3.80. The van der Waals surface area contributed by atoms with Crippen LogP contribution in [0.2, 0.25) is 0 Å². The summed E-state index contributed by atoms with van der Waals surface area (Å²) in [6.45, 7) is 0. The number of ether oxygens (including phenoxy) is 1. The Morgan fingerprint density at radius 3 is 2.53 bits per heavy atom. The summed E-state index contributed by atoms with van der Waals surface area (Å²) in [6, 6.07) is 9.02. The molecule has 0 unspecified atom stereocenters.